The van der Waals surface area contributed by atoms with Crippen LogP contribution in [0.1, 0.15) is 22.3 Å². The Morgan fingerprint density at radius 1 is 0.328 bits per heavy atom. The van der Waals surface area contributed by atoms with Crippen LogP contribution < -0.4 is 4.90 Å². The fraction of sp³-hybridized carbons (Fsp3) is 0.0169. The number of nitrogens with zero attached hydrogens (tertiary/aromatic N) is 1. The standard InChI is InChI=1S/C59H39NO/c1-3-18-44(19-4-1)59(45-20-5-2-6-21-45)53-26-12-9-24-49(53)50-36-32-42(39-54(50)59)40-30-34-46(35-31-40)60(56-28-15-17-41-16-7-8-22-47(41)56)55-27-13-10-23-48(55)43-33-37-58-52(38-43)51-25-11-14-29-57(51)61-58/h1-39H. The topological polar surface area (TPSA) is 16.4 Å². The van der Waals surface area contributed by atoms with Gasteiger partial charge < -0.3 is 9.32 Å². The van der Waals surface area contributed by atoms with Crippen molar-refractivity contribution in [1.82, 2.24) is 0 Å². The molecule has 0 amide bonds. The van der Waals surface area contributed by atoms with Gasteiger partial charge in [0.15, 0.2) is 0 Å². The second-order valence-electron chi connectivity index (χ2n) is 16.0. The van der Waals surface area contributed by atoms with E-state index in [1.54, 1.807) is 0 Å². The number of para-hydroxylation sites is 2. The summed E-state index contributed by atoms with van der Waals surface area (Å²) in [6, 6.07) is 86.1. The van der Waals surface area contributed by atoms with Crippen molar-refractivity contribution < 1.29 is 4.42 Å². The molecule has 11 aromatic rings. The third kappa shape index (κ3) is 5.50. The number of anilines is 3. The minimum Gasteiger partial charge on any atom is -0.456 e. The summed E-state index contributed by atoms with van der Waals surface area (Å²) >= 11 is 0. The summed E-state index contributed by atoms with van der Waals surface area (Å²) < 4.78 is 6.24. The maximum absolute atomic E-state index is 6.24. The highest BCUT2D eigenvalue weighted by Gasteiger charge is 2.46. The van der Waals surface area contributed by atoms with E-state index >= 15 is 0 Å². The lowest BCUT2D eigenvalue weighted by atomic mass is 9.67. The Labute approximate surface area is 355 Å². The van der Waals surface area contributed by atoms with Gasteiger partial charge in [-0.15, -0.1) is 0 Å². The van der Waals surface area contributed by atoms with Gasteiger partial charge in [-0.25, -0.2) is 0 Å². The predicted molar refractivity (Wildman–Crippen MR) is 254 cm³/mol. The molecule has 0 saturated heterocycles. The Morgan fingerprint density at radius 3 is 1.70 bits per heavy atom. The van der Waals surface area contributed by atoms with Crippen LogP contribution in [0.4, 0.5) is 17.1 Å². The summed E-state index contributed by atoms with van der Waals surface area (Å²) in [5.41, 5.74) is 17.0. The van der Waals surface area contributed by atoms with E-state index in [1.807, 2.05) is 12.1 Å². The van der Waals surface area contributed by atoms with Crippen LogP contribution in [0.25, 0.3) is 66.1 Å². The first kappa shape index (κ1) is 35.0. The molecular weight excluding hydrogens is 739 g/mol. The fourth-order valence-corrected chi connectivity index (χ4v) is 10.0. The van der Waals surface area contributed by atoms with Gasteiger partial charge in [0, 0.05) is 27.4 Å². The Morgan fingerprint density at radius 2 is 0.902 bits per heavy atom. The largest absolute Gasteiger partial charge is 0.456 e. The van der Waals surface area contributed by atoms with Gasteiger partial charge in [0.2, 0.25) is 0 Å². The predicted octanol–water partition coefficient (Wildman–Crippen LogP) is 15.9. The van der Waals surface area contributed by atoms with Crippen molar-refractivity contribution in [2.24, 2.45) is 0 Å². The molecule has 12 rings (SSSR count). The molecule has 0 radical (unpaired) electrons. The third-order valence-corrected chi connectivity index (χ3v) is 12.8. The molecule has 0 bridgehead atoms. The summed E-state index contributed by atoms with van der Waals surface area (Å²) in [4.78, 5) is 2.42. The van der Waals surface area contributed by atoms with Crippen molar-refractivity contribution in [1.29, 1.82) is 0 Å². The van der Waals surface area contributed by atoms with Crippen LogP contribution in [0.2, 0.25) is 0 Å². The van der Waals surface area contributed by atoms with Crippen LogP contribution >= 0.6 is 0 Å². The molecule has 0 N–H and O–H groups in total. The minimum atomic E-state index is -0.453. The molecule has 1 aliphatic rings. The van der Waals surface area contributed by atoms with E-state index in [9.17, 15) is 0 Å². The molecular formula is C59H39NO. The van der Waals surface area contributed by atoms with Gasteiger partial charge in [-0.1, -0.05) is 188 Å². The van der Waals surface area contributed by atoms with Crippen LogP contribution in [0, 0.1) is 0 Å². The molecule has 0 fully saturated rings. The quantitative estimate of drug-likeness (QED) is 0.160. The number of hydrogen-bond acceptors (Lipinski definition) is 2. The zero-order chi connectivity index (χ0) is 40.3. The fourth-order valence-electron chi connectivity index (χ4n) is 10.0. The summed E-state index contributed by atoms with van der Waals surface area (Å²) in [7, 11) is 0. The normalized spacial score (nSPS) is 12.7. The average molecular weight is 778 g/mol. The summed E-state index contributed by atoms with van der Waals surface area (Å²) in [6.07, 6.45) is 0. The minimum absolute atomic E-state index is 0.453. The average Bonchev–Trinajstić information content (AvgIpc) is 3.86. The van der Waals surface area contributed by atoms with Crippen molar-refractivity contribution in [3.63, 3.8) is 0 Å². The highest BCUT2D eigenvalue weighted by Crippen LogP contribution is 2.57. The smallest absolute Gasteiger partial charge is 0.135 e. The summed E-state index contributed by atoms with van der Waals surface area (Å²) in [5.74, 6) is 0. The molecule has 1 aliphatic carbocycles. The molecule has 2 heteroatoms. The molecule has 286 valence electrons. The Kier molecular flexibility index (Phi) is 8.11. The molecule has 0 unspecified atom stereocenters. The van der Waals surface area contributed by atoms with Gasteiger partial charge in [0.25, 0.3) is 0 Å². The van der Waals surface area contributed by atoms with Gasteiger partial charge in [-0.2, -0.15) is 0 Å². The Hall–Kier alpha value is -7.94. The number of furan rings is 1. The zero-order valence-corrected chi connectivity index (χ0v) is 33.4. The molecule has 2 nitrogen and oxygen atoms in total. The van der Waals surface area contributed by atoms with Crippen molar-refractivity contribution in [3.05, 3.63) is 259 Å². The molecule has 0 atom stereocenters. The van der Waals surface area contributed by atoms with E-state index in [1.165, 1.54) is 55.3 Å². The molecule has 1 aromatic heterocycles. The maximum atomic E-state index is 6.24. The van der Waals surface area contributed by atoms with Gasteiger partial charge in [0.1, 0.15) is 11.2 Å². The first-order valence-electron chi connectivity index (χ1n) is 21.0. The van der Waals surface area contributed by atoms with Crippen molar-refractivity contribution in [2.75, 3.05) is 4.90 Å². The first-order valence-corrected chi connectivity index (χ1v) is 21.0. The van der Waals surface area contributed by atoms with E-state index in [4.69, 9.17) is 4.42 Å². The molecule has 10 aromatic carbocycles. The number of benzene rings is 10. The van der Waals surface area contributed by atoms with Gasteiger partial charge >= 0.3 is 0 Å². The SMILES string of the molecule is c1ccc(C2(c3ccccc3)c3ccccc3-c3ccc(-c4ccc(N(c5ccccc5-c5ccc6oc7ccccc7c6c5)c5cccc6ccccc56)cc4)cc32)cc1. The molecule has 0 spiro atoms. The van der Waals surface area contributed by atoms with Crippen molar-refractivity contribution >= 4 is 49.8 Å². The van der Waals surface area contributed by atoms with Crippen LogP contribution in [0.15, 0.2) is 241 Å². The van der Waals surface area contributed by atoms with E-state index < -0.39 is 5.41 Å². The van der Waals surface area contributed by atoms with E-state index in [2.05, 4.69) is 229 Å². The number of hydrogen-bond donors (Lipinski definition) is 0. The molecule has 1 heterocycles. The second kappa shape index (κ2) is 14.1. The van der Waals surface area contributed by atoms with Crippen LogP contribution in [-0.4, -0.2) is 0 Å². The first-order chi connectivity index (χ1) is 30.3. The third-order valence-electron chi connectivity index (χ3n) is 12.8. The van der Waals surface area contributed by atoms with E-state index in [0.717, 1.165) is 50.1 Å². The van der Waals surface area contributed by atoms with Gasteiger partial charge in [-0.3, -0.25) is 0 Å². The highest BCUT2D eigenvalue weighted by atomic mass is 16.3. The van der Waals surface area contributed by atoms with Crippen LogP contribution in [0.5, 0.6) is 0 Å². The number of fused-ring (bicyclic) bond motifs is 7. The van der Waals surface area contributed by atoms with Crippen molar-refractivity contribution in [2.45, 2.75) is 5.41 Å². The number of rotatable bonds is 7. The highest BCUT2D eigenvalue weighted by molar-refractivity contribution is 6.07. The Bertz CT molecular complexity index is 3370. The van der Waals surface area contributed by atoms with E-state index in [0.29, 0.717) is 0 Å². The molecule has 61 heavy (non-hydrogen) atoms. The second-order valence-corrected chi connectivity index (χ2v) is 16.0. The van der Waals surface area contributed by atoms with Crippen molar-refractivity contribution in [3.8, 4) is 33.4 Å². The lowest BCUT2D eigenvalue weighted by molar-refractivity contribution is 0.669. The monoisotopic (exact) mass is 777 g/mol. The van der Waals surface area contributed by atoms with E-state index in [-0.39, 0.29) is 0 Å². The lowest BCUT2D eigenvalue weighted by Gasteiger charge is -2.34. The Balaban J connectivity index is 1.02. The maximum Gasteiger partial charge on any atom is 0.135 e. The van der Waals surface area contributed by atoms with Crippen LogP contribution in [0.3, 0.4) is 0 Å². The zero-order valence-electron chi connectivity index (χ0n) is 33.4. The van der Waals surface area contributed by atoms with Gasteiger partial charge in [-0.05, 0) is 104 Å². The summed E-state index contributed by atoms with van der Waals surface area (Å²) in [5, 5.41) is 4.63. The summed E-state index contributed by atoms with van der Waals surface area (Å²) in [6.45, 7) is 0. The lowest BCUT2D eigenvalue weighted by Crippen LogP contribution is -2.28. The van der Waals surface area contributed by atoms with Crippen LogP contribution in [-0.2, 0) is 5.41 Å². The molecule has 0 saturated carbocycles. The molecule has 0 aliphatic heterocycles. The van der Waals surface area contributed by atoms with Gasteiger partial charge in [0.05, 0.1) is 16.8 Å².